The number of carbonyl (C=O) groups excluding carboxylic acids is 1. The summed E-state index contributed by atoms with van der Waals surface area (Å²) in [5.74, 6) is -0.285. The number of carbonyl (C=O) groups is 1. The molecule has 2 heterocycles. The molecule has 0 unspecified atom stereocenters. The van der Waals surface area contributed by atoms with Gasteiger partial charge in [-0.1, -0.05) is 6.42 Å². The summed E-state index contributed by atoms with van der Waals surface area (Å²) in [6.07, 6.45) is 7.48. The number of hydrogen-bond donors (Lipinski definition) is 1. The molecule has 0 aliphatic heterocycles. The van der Waals surface area contributed by atoms with Crippen LogP contribution in [0.1, 0.15) is 58.2 Å². The lowest BCUT2D eigenvalue weighted by Crippen LogP contribution is -2.31. The van der Waals surface area contributed by atoms with Crippen molar-refractivity contribution in [3.63, 3.8) is 0 Å². The summed E-state index contributed by atoms with van der Waals surface area (Å²) < 4.78 is 7.00. The first-order valence-electron chi connectivity index (χ1n) is 9.72. The van der Waals surface area contributed by atoms with E-state index in [0.717, 1.165) is 47.6 Å². The van der Waals surface area contributed by atoms with Crippen LogP contribution >= 0.6 is 23.6 Å². The lowest BCUT2D eigenvalue weighted by atomic mass is 10.1. The van der Waals surface area contributed by atoms with Crippen molar-refractivity contribution >= 4 is 39.6 Å². The Morgan fingerprint density at radius 3 is 2.82 bits per heavy atom. The molecule has 0 fully saturated rings. The highest BCUT2D eigenvalue weighted by Crippen LogP contribution is 2.38. The van der Waals surface area contributed by atoms with Gasteiger partial charge in [0.25, 0.3) is 0 Å². The van der Waals surface area contributed by atoms with Crippen molar-refractivity contribution in [1.82, 2.24) is 14.7 Å². The van der Waals surface area contributed by atoms with E-state index < -0.39 is 0 Å². The number of methoxy groups -OCH3 is 1. The first-order chi connectivity index (χ1) is 13.4. The van der Waals surface area contributed by atoms with Gasteiger partial charge >= 0.3 is 5.97 Å². The number of thiophene rings is 1. The minimum Gasteiger partial charge on any atom is -0.465 e. The van der Waals surface area contributed by atoms with Gasteiger partial charge in [-0.3, -0.25) is 4.68 Å². The van der Waals surface area contributed by atoms with Crippen molar-refractivity contribution in [3.8, 4) is 0 Å². The molecule has 6 nitrogen and oxygen atoms in total. The Morgan fingerprint density at radius 2 is 2.14 bits per heavy atom. The predicted octanol–water partition coefficient (Wildman–Crippen LogP) is 4.16. The molecule has 2 aromatic heterocycles. The highest BCUT2D eigenvalue weighted by molar-refractivity contribution is 7.80. The van der Waals surface area contributed by atoms with Crippen LogP contribution in [-0.2, 0) is 30.7 Å². The molecule has 2 aromatic rings. The number of esters is 1. The maximum Gasteiger partial charge on any atom is 0.341 e. The van der Waals surface area contributed by atoms with Crippen LogP contribution in [0.5, 0.6) is 0 Å². The molecule has 152 valence electrons. The summed E-state index contributed by atoms with van der Waals surface area (Å²) in [7, 11) is 3.39. The Labute approximate surface area is 175 Å². The quantitative estimate of drug-likeness (QED) is 0.445. The van der Waals surface area contributed by atoms with E-state index in [1.54, 1.807) is 11.3 Å². The zero-order valence-electron chi connectivity index (χ0n) is 17.0. The standard InChI is InChI=1S/C20H28N4O2S2/c1-5-24-12-14(13(2)22-24)11-23(3)20(27)21-18-17(19(25)26-4)15-9-7-6-8-10-16(15)28-18/h12H,5-11H2,1-4H3,(H,21,27). The van der Waals surface area contributed by atoms with Crippen LogP contribution in [0.3, 0.4) is 0 Å². The van der Waals surface area contributed by atoms with E-state index in [-0.39, 0.29) is 5.97 Å². The minimum absolute atomic E-state index is 0.285. The molecule has 0 saturated heterocycles. The Balaban J connectivity index is 1.79. The zero-order chi connectivity index (χ0) is 20.3. The number of aryl methyl sites for hydroxylation is 3. The number of aromatic nitrogens is 2. The predicted molar refractivity (Wildman–Crippen MR) is 117 cm³/mol. The van der Waals surface area contributed by atoms with Gasteiger partial charge in [0.1, 0.15) is 5.00 Å². The van der Waals surface area contributed by atoms with Gasteiger partial charge in [-0.15, -0.1) is 11.3 Å². The smallest absolute Gasteiger partial charge is 0.341 e. The lowest BCUT2D eigenvalue weighted by molar-refractivity contribution is 0.0601. The number of thiocarbonyl (C=S) groups is 1. The topological polar surface area (TPSA) is 59.4 Å². The van der Waals surface area contributed by atoms with Gasteiger partial charge in [0.05, 0.1) is 18.4 Å². The average Bonchev–Trinajstić information content (AvgIpc) is 3.11. The fraction of sp³-hybridized carbons (Fsp3) is 0.550. The maximum atomic E-state index is 12.5. The van der Waals surface area contributed by atoms with Gasteiger partial charge in [0, 0.05) is 36.8 Å². The van der Waals surface area contributed by atoms with Gasteiger partial charge in [-0.2, -0.15) is 5.10 Å². The summed E-state index contributed by atoms with van der Waals surface area (Å²) in [6.45, 7) is 5.59. The second-order valence-corrected chi connectivity index (χ2v) is 8.63. The summed E-state index contributed by atoms with van der Waals surface area (Å²) in [5, 5.41) is 9.20. The summed E-state index contributed by atoms with van der Waals surface area (Å²) in [5.41, 5.74) is 3.95. The molecule has 0 amide bonds. The lowest BCUT2D eigenvalue weighted by Gasteiger charge is -2.20. The summed E-state index contributed by atoms with van der Waals surface area (Å²) in [4.78, 5) is 15.7. The summed E-state index contributed by atoms with van der Waals surface area (Å²) in [6, 6.07) is 0. The van der Waals surface area contributed by atoms with E-state index in [9.17, 15) is 4.79 Å². The van der Waals surface area contributed by atoms with Crippen LogP contribution in [0.15, 0.2) is 6.20 Å². The van der Waals surface area contributed by atoms with E-state index in [0.29, 0.717) is 17.2 Å². The van der Waals surface area contributed by atoms with Gasteiger partial charge in [0.2, 0.25) is 0 Å². The number of fused-ring (bicyclic) bond motifs is 1. The van der Waals surface area contributed by atoms with Crippen LogP contribution in [0.2, 0.25) is 0 Å². The second kappa shape index (κ2) is 9.05. The van der Waals surface area contributed by atoms with Crippen LogP contribution in [0.25, 0.3) is 0 Å². The Morgan fingerprint density at radius 1 is 1.39 bits per heavy atom. The van der Waals surface area contributed by atoms with Crippen molar-refractivity contribution in [2.75, 3.05) is 19.5 Å². The van der Waals surface area contributed by atoms with E-state index in [4.69, 9.17) is 17.0 Å². The third-order valence-electron chi connectivity index (χ3n) is 5.16. The number of anilines is 1. The Hall–Kier alpha value is -1.93. The molecular formula is C20H28N4O2S2. The normalized spacial score (nSPS) is 13.6. The molecule has 1 aliphatic carbocycles. The molecule has 0 spiro atoms. The van der Waals surface area contributed by atoms with E-state index in [1.165, 1.54) is 24.8 Å². The first-order valence-corrected chi connectivity index (χ1v) is 10.9. The SMILES string of the molecule is CCn1cc(CN(C)C(=S)Nc2sc3c(c2C(=O)OC)CCCCC3)c(C)n1. The van der Waals surface area contributed by atoms with Crippen molar-refractivity contribution in [3.05, 3.63) is 33.5 Å². The molecule has 0 radical (unpaired) electrons. The second-order valence-electron chi connectivity index (χ2n) is 7.14. The zero-order valence-corrected chi connectivity index (χ0v) is 18.6. The van der Waals surface area contributed by atoms with E-state index in [1.807, 2.05) is 23.6 Å². The molecule has 3 rings (SSSR count). The van der Waals surface area contributed by atoms with Crippen molar-refractivity contribution in [2.24, 2.45) is 0 Å². The molecule has 0 saturated carbocycles. The average molecular weight is 421 g/mol. The van der Waals surface area contributed by atoms with Gasteiger partial charge in [-0.05, 0) is 57.3 Å². The summed E-state index contributed by atoms with van der Waals surface area (Å²) >= 11 is 7.27. The molecule has 0 bridgehead atoms. The van der Waals surface area contributed by atoms with Crippen molar-refractivity contribution in [1.29, 1.82) is 0 Å². The third-order valence-corrected chi connectivity index (χ3v) is 6.78. The fourth-order valence-electron chi connectivity index (χ4n) is 3.54. The molecule has 8 heteroatoms. The number of nitrogens with zero attached hydrogens (tertiary/aromatic N) is 3. The van der Waals surface area contributed by atoms with Gasteiger partial charge in [-0.25, -0.2) is 4.79 Å². The molecule has 1 N–H and O–H groups in total. The van der Waals surface area contributed by atoms with Crippen LogP contribution in [0.4, 0.5) is 5.00 Å². The van der Waals surface area contributed by atoms with Gasteiger partial charge < -0.3 is 15.0 Å². The highest BCUT2D eigenvalue weighted by atomic mass is 32.1. The largest absolute Gasteiger partial charge is 0.465 e. The molecule has 0 atom stereocenters. The molecular weight excluding hydrogens is 392 g/mol. The van der Waals surface area contributed by atoms with Crippen molar-refractivity contribution in [2.45, 2.75) is 59.0 Å². The van der Waals surface area contributed by atoms with Crippen molar-refractivity contribution < 1.29 is 9.53 Å². The number of rotatable bonds is 5. The highest BCUT2D eigenvalue weighted by Gasteiger charge is 2.26. The Bertz CT molecular complexity index is 872. The van der Waals surface area contributed by atoms with Crippen LogP contribution < -0.4 is 5.32 Å². The number of hydrogen-bond acceptors (Lipinski definition) is 5. The van der Waals surface area contributed by atoms with Gasteiger partial charge in [0.15, 0.2) is 5.11 Å². The van der Waals surface area contributed by atoms with Crippen LogP contribution in [0, 0.1) is 6.92 Å². The number of ether oxygens (including phenoxy) is 1. The van der Waals surface area contributed by atoms with E-state index in [2.05, 4.69) is 23.5 Å². The number of nitrogens with one attached hydrogen (secondary N) is 1. The molecule has 0 aromatic carbocycles. The minimum atomic E-state index is -0.285. The molecule has 28 heavy (non-hydrogen) atoms. The third kappa shape index (κ3) is 4.38. The Kier molecular flexibility index (Phi) is 6.72. The molecule has 1 aliphatic rings. The monoisotopic (exact) mass is 420 g/mol. The van der Waals surface area contributed by atoms with Crippen LogP contribution in [-0.4, -0.2) is 39.9 Å². The maximum absolute atomic E-state index is 12.5. The fourth-order valence-corrected chi connectivity index (χ4v) is 5.05. The van der Waals surface area contributed by atoms with E-state index >= 15 is 0 Å². The first kappa shape index (κ1) is 20.8.